The molecule has 0 saturated heterocycles. The van der Waals surface area contributed by atoms with Crippen molar-refractivity contribution in [3.8, 4) is 5.75 Å². The van der Waals surface area contributed by atoms with Gasteiger partial charge in [-0.15, -0.1) is 0 Å². The summed E-state index contributed by atoms with van der Waals surface area (Å²) in [6.07, 6.45) is 0. The fraction of sp³-hybridized carbons (Fsp3) is 0.600. The Morgan fingerprint density at radius 3 is 2.59 bits per heavy atom. The maximum Gasteiger partial charge on any atom is 0.128 e. The number of hydrogen-bond acceptors (Lipinski definition) is 2. The molecule has 0 aliphatic carbocycles. The summed E-state index contributed by atoms with van der Waals surface area (Å²) in [5.41, 5.74) is 2.76. The molecule has 2 heteroatoms. The summed E-state index contributed by atoms with van der Waals surface area (Å²) in [6.45, 7) is 11.8. The summed E-state index contributed by atoms with van der Waals surface area (Å²) in [4.78, 5) is 0. The summed E-state index contributed by atoms with van der Waals surface area (Å²) in [6, 6.07) is 7.32. The first-order valence-electron chi connectivity index (χ1n) is 6.42. The zero-order chi connectivity index (χ0) is 12.6. The van der Waals surface area contributed by atoms with Crippen LogP contribution in [0.4, 0.5) is 0 Å². The van der Waals surface area contributed by atoms with Crippen molar-refractivity contribution in [2.24, 2.45) is 0 Å². The molecule has 1 unspecified atom stereocenters. The van der Waals surface area contributed by atoms with E-state index in [9.17, 15) is 0 Å². The molecule has 94 valence electrons. The quantitative estimate of drug-likeness (QED) is 0.845. The van der Waals surface area contributed by atoms with E-state index < -0.39 is 0 Å². The largest absolute Gasteiger partial charge is 0.491 e. The third kappa shape index (κ3) is 2.47. The maximum absolute atomic E-state index is 5.91. The van der Waals surface area contributed by atoms with Gasteiger partial charge in [0.15, 0.2) is 0 Å². The lowest BCUT2D eigenvalue weighted by molar-refractivity contribution is 0.298. The minimum Gasteiger partial charge on any atom is -0.491 e. The Bertz CT molecular complexity index is 404. The highest BCUT2D eigenvalue weighted by Gasteiger charge is 2.30. The van der Waals surface area contributed by atoms with Crippen molar-refractivity contribution < 1.29 is 4.74 Å². The van der Waals surface area contributed by atoms with Crippen molar-refractivity contribution in [1.82, 2.24) is 5.32 Å². The van der Waals surface area contributed by atoms with Gasteiger partial charge in [0.25, 0.3) is 0 Å². The minimum atomic E-state index is 0.137. The van der Waals surface area contributed by atoms with Gasteiger partial charge < -0.3 is 10.1 Å². The Morgan fingerprint density at radius 1 is 1.29 bits per heavy atom. The molecule has 0 radical (unpaired) electrons. The fourth-order valence-corrected chi connectivity index (χ4v) is 2.38. The Hall–Kier alpha value is -1.02. The Morgan fingerprint density at radius 2 is 2.00 bits per heavy atom. The van der Waals surface area contributed by atoms with Gasteiger partial charge in [0.1, 0.15) is 12.4 Å². The average Bonchev–Trinajstić information content (AvgIpc) is 2.59. The van der Waals surface area contributed by atoms with E-state index in [2.05, 4.69) is 58.1 Å². The normalized spacial score (nSPS) is 19.3. The van der Waals surface area contributed by atoms with E-state index in [-0.39, 0.29) is 5.41 Å². The van der Waals surface area contributed by atoms with Crippen LogP contribution in [0.25, 0.3) is 0 Å². The van der Waals surface area contributed by atoms with E-state index in [1.807, 2.05) is 0 Å². The predicted octanol–water partition coefficient (Wildman–Crippen LogP) is 3.42. The molecule has 1 aliphatic heterocycles. The van der Waals surface area contributed by atoms with Gasteiger partial charge in [-0.3, -0.25) is 0 Å². The van der Waals surface area contributed by atoms with E-state index in [4.69, 9.17) is 4.74 Å². The van der Waals surface area contributed by atoms with Crippen molar-refractivity contribution in [2.75, 3.05) is 6.61 Å². The zero-order valence-electron chi connectivity index (χ0n) is 11.5. The molecule has 1 N–H and O–H groups in total. The summed E-state index contributed by atoms with van der Waals surface area (Å²) in [5.74, 6) is 1.10. The number of para-hydroxylation sites is 1. The molecule has 1 aromatic carbocycles. The molecule has 0 aromatic heterocycles. The number of fused-ring (bicyclic) bond motifs is 1. The van der Waals surface area contributed by atoms with E-state index in [0.717, 1.165) is 12.4 Å². The van der Waals surface area contributed by atoms with Crippen LogP contribution < -0.4 is 10.1 Å². The minimum absolute atomic E-state index is 0.137. The molecular weight excluding hydrogens is 210 g/mol. The third-order valence-electron chi connectivity index (χ3n) is 3.16. The molecule has 17 heavy (non-hydrogen) atoms. The second-order valence-electron chi connectivity index (χ2n) is 6.16. The first-order chi connectivity index (χ1) is 7.89. The van der Waals surface area contributed by atoms with Crippen LogP contribution in [0.15, 0.2) is 18.2 Å². The molecule has 1 aliphatic rings. The summed E-state index contributed by atoms with van der Waals surface area (Å²) in [5, 5.41) is 3.55. The molecule has 0 fully saturated rings. The highest BCUT2D eigenvalue weighted by molar-refractivity contribution is 5.49. The lowest BCUT2D eigenvalue weighted by Gasteiger charge is -2.22. The summed E-state index contributed by atoms with van der Waals surface area (Å²) in [7, 11) is 0. The van der Waals surface area contributed by atoms with Gasteiger partial charge >= 0.3 is 0 Å². The lowest BCUT2D eigenvalue weighted by Crippen LogP contribution is -2.28. The molecule has 0 amide bonds. The van der Waals surface area contributed by atoms with Gasteiger partial charge in [-0.05, 0) is 11.0 Å². The van der Waals surface area contributed by atoms with Crippen LogP contribution >= 0.6 is 0 Å². The van der Waals surface area contributed by atoms with E-state index in [1.54, 1.807) is 0 Å². The number of hydrogen-bond donors (Lipinski definition) is 1. The smallest absolute Gasteiger partial charge is 0.128 e. The van der Waals surface area contributed by atoms with Crippen LogP contribution in [-0.2, 0) is 5.41 Å². The zero-order valence-corrected chi connectivity index (χ0v) is 11.5. The Kier molecular flexibility index (Phi) is 3.17. The predicted molar refractivity (Wildman–Crippen MR) is 71.6 cm³/mol. The fourth-order valence-electron chi connectivity index (χ4n) is 2.38. The van der Waals surface area contributed by atoms with Crippen molar-refractivity contribution in [3.05, 3.63) is 29.3 Å². The van der Waals surface area contributed by atoms with Gasteiger partial charge in [-0.25, -0.2) is 0 Å². The van der Waals surface area contributed by atoms with Crippen molar-refractivity contribution in [2.45, 2.75) is 52.1 Å². The maximum atomic E-state index is 5.91. The molecule has 1 atom stereocenters. The van der Waals surface area contributed by atoms with Gasteiger partial charge in [-0.2, -0.15) is 0 Å². The average molecular weight is 233 g/mol. The lowest BCUT2D eigenvalue weighted by atomic mass is 9.85. The van der Waals surface area contributed by atoms with Crippen molar-refractivity contribution in [3.63, 3.8) is 0 Å². The molecule has 0 saturated carbocycles. The van der Waals surface area contributed by atoms with Gasteiger partial charge in [-0.1, -0.05) is 52.8 Å². The summed E-state index contributed by atoms with van der Waals surface area (Å²) < 4.78 is 5.91. The first kappa shape index (κ1) is 12.4. The van der Waals surface area contributed by atoms with E-state index >= 15 is 0 Å². The second kappa shape index (κ2) is 4.34. The van der Waals surface area contributed by atoms with Crippen LogP contribution in [0.5, 0.6) is 5.75 Å². The summed E-state index contributed by atoms with van der Waals surface area (Å²) >= 11 is 0. The van der Waals surface area contributed by atoms with Gasteiger partial charge in [0.05, 0.1) is 6.04 Å². The number of rotatable bonds is 2. The van der Waals surface area contributed by atoms with Crippen LogP contribution in [0.3, 0.4) is 0 Å². The van der Waals surface area contributed by atoms with E-state index in [0.29, 0.717) is 12.1 Å². The first-order valence-corrected chi connectivity index (χ1v) is 6.42. The van der Waals surface area contributed by atoms with Crippen LogP contribution in [0.2, 0.25) is 0 Å². The van der Waals surface area contributed by atoms with Crippen LogP contribution in [0.1, 0.15) is 51.8 Å². The molecular formula is C15H23NO. The van der Waals surface area contributed by atoms with Gasteiger partial charge in [0.2, 0.25) is 0 Å². The van der Waals surface area contributed by atoms with E-state index in [1.165, 1.54) is 11.1 Å². The van der Waals surface area contributed by atoms with Crippen LogP contribution in [-0.4, -0.2) is 12.6 Å². The SMILES string of the molecule is CC(C)NC1COc2c1cccc2C(C)(C)C. The number of benzene rings is 1. The number of nitrogens with one attached hydrogen (secondary N) is 1. The highest BCUT2D eigenvalue weighted by atomic mass is 16.5. The van der Waals surface area contributed by atoms with Crippen molar-refractivity contribution >= 4 is 0 Å². The topological polar surface area (TPSA) is 21.3 Å². The highest BCUT2D eigenvalue weighted by Crippen LogP contribution is 2.40. The molecule has 1 aromatic rings. The molecule has 0 spiro atoms. The molecule has 0 bridgehead atoms. The monoisotopic (exact) mass is 233 g/mol. The standard InChI is InChI=1S/C15H23NO/c1-10(2)16-13-9-17-14-11(13)7-6-8-12(14)15(3,4)5/h6-8,10,13,16H,9H2,1-5H3. The second-order valence-corrected chi connectivity index (χ2v) is 6.16. The molecule has 1 heterocycles. The third-order valence-corrected chi connectivity index (χ3v) is 3.16. The Labute approximate surface area is 104 Å². The Balaban J connectivity index is 2.36. The molecule has 2 rings (SSSR count). The molecule has 2 nitrogen and oxygen atoms in total. The van der Waals surface area contributed by atoms with Crippen molar-refractivity contribution in [1.29, 1.82) is 0 Å². The number of ether oxygens (including phenoxy) is 1. The van der Waals surface area contributed by atoms with Gasteiger partial charge in [0, 0.05) is 11.6 Å². The van der Waals surface area contributed by atoms with Crippen LogP contribution in [0, 0.1) is 0 Å².